The number of aryl methyl sites for hydroxylation is 1. The van der Waals surface area contributed by atoms with Crippen molar-refractivity contribution in [2.24, 2.45) is 4.99 Å². The number of carbonyl (C=O) groups excluding carboxylic acids is 1. The first-order valence-electron chi connectivity index (χ1n) is 7.64. The highest BCUT2D eigenvalue weighted by molar-refractivity contribution is 6.29. The first kappa shape index (κ1) is 19.0. The largest absolute Gasteiger partial charge is 0.497 e. The maximum absolute atomic E-state index is 13.3. The van der Waals surface area contributed by atoms with Crippen LogP contribution in [0, 0.1) is 24.0 Å². The van der Waals surface area contributed by atoms with Gasteiger partial charge in [0.1, 0.15) is 5.75 Å². The summed E-state index contributed by atoms with van der Waals surface area (Å²) in [5, 5.41) is 12.4. The zero-order valence-electron chi connectivity index (χ0n) is 14.3. The summed E-state index contributed by atoms with van der Waals surface area (Å²) < 4.78 is 31.4. The SMILES string of the molecule is COc1ccc(NC(=NCc2ccc(F)c(F)c2)NC(=O)C=N)c(C)c1. The minimum absolute atomic E-state index is 0.00696. The monoisotopic (exact) mass is 360 g/mol. The lowest BCUT2D eigenvalue weighted by Gasteiger charge is -2.13. The Bertz CT molecular complexity index is 853. The summed E-state index contributed by atoms with van der Waals surface area (Å²) in [6.07, 6.45) is 0.607. The molecule has 1 amide bonds. The van der Waals surface area contributed by atoms with Crippen LogP contribution in [-0.4, -0.2) is 25.2 Å². The molecule has 0 aliphatic heterocycles. The van der Waals surface area contributed by atoms with Crippen LogP contribution in [0.3, 0.4) is 0 Å². The molecule has 0 heterocycles. The lowest BCUT2D eigenvalue weighted by molar-refractivity contribution is -0.113. The van der Waals surface area contributed by atoms with E-state index in [1.54, 1.807) is 25.3 Å². The fraction of sp³-hybridized carbons (Fsp3) is 0.167. The van der Waals surface area contributed by atoms with Crippen molar-refractivity contribution in [1.29, 1.82) is 5.41 Å². The summed E-state index contributed by atoms with van der Waals surface area (Å²) in [7, 11) is 1.56. The average Bonchev–Trinajstić information content (AvgIpc) is 2.63. The number of halogens is 2. The second-order valence-corrected chi connectivity index (χ2v) is 5.35. The molecule has 0 bridgehead atoms. The molecule has 136 valence electrons. The van der Waals surface area contributed by atoms with E-state index >= 15 is 0 Å². The third-order valence-corrected chi connectivity index (χ3v) is 3.46. The topological polar surface area (TPSA) is 86.6 Å². The number of guanidine groups is 1. The maximum atomic E-state index is 13.3. The number of methoxy groups -OCH3 is 1. The van der Waals surface area contributed by atoms with Crippen LogP contribution in [0.15, 0.2) is 41.4 Å². The van der Waals surface area contributed by atoms with Gasteiger partial charge in [0.15, 0.2) is 11.6 Å². The second kappa shape index (κ2) is 8.70. The summed E-state index contributed by atoms with van der Waals surface area (Å²) in [6.45, 7) is 1.85. The first-order valence-corrected chi connectivity index (χ1v) is 7.64. The predicted octanol–water partition coefficient (Wildman–Crippen LogP) is 3.02. The quantitative estimate of drug-likeness (QED) is 0.566. The van der Waals surface area contributed by atoms with Crippen LogP contribution in [0.4, 0.5) is 14.5 Å². The van der Waals surface area contributed by atoms with Crippen molar-refractivity contribution in [3.8, 4) is 5.75 Å². The van der Waals surface area contributed by atoms with Gasteiger partial charge in [-0.2, -0.15) is 0 Å². The molecule has 0 saturated heterocycles. The molecule has 0 saturated carbocycles. The van der Waals surface area contributed by atoms with Crippen molar-refractivity contribution in [3.05, 3.63) is 59.2 Å². The molecule has 2 aromatic carbocycles. The number of nitrogens with zero attached hydrogens (tertiary/aromatic N) is 1. The van der Waals surface area contributed by atoms with Crippen LogP contribution in [0.5, 0.6) is 5.75 Å². The number of rotatable bonds is 5. The molecule has 8 heteroatoms. The molecule has 0 aromatic heterocycles. The van der Waals surface area contributed by atoms with Crippen LogP contribution >= 0.6 is 0 Å². The minimum atomic E-state index is -0.971. The van der Waals surface area contributed by atoms with Gasteiger partial charge in [0.25, 0.3) is 5.91 Å². The summed E-state index contributed by atoms with van der Waals surface area (Å²) in [5.74, 6) is -1.83. The molecule has 0 atom stereocenters. The van der Waals surface area contributed by atoms with Gasteiger partial charge in [-0.05, 0) is 48.4 Å². The standard InChI is InChI=1S/C18H18F2N4O2/c1-11-7-13(26-2)4-6-16(11)23-18(24-17(25)9-21)22-10-12-3-5-14(19)15(20)8-12/h3-9,21H,10H2,1-2H3,(H2,22,23,24,25). The third kappa shape index (κ3) is 5.10. The molecule has 0 aliphatic rings. The number of hydrogen-bond acceptors (Lipinski definition) is 4. The van der Waals surface area contributed by atoms with Crippen molar-refractivity contribution in [3.63, 3.8) is 0 Å². The molecule has 2 rings (SSSR count). The van der Waals surface area contributed by atoms with E-state index in [1.165, 1.54) is 6.07 Å². The van der Waals surface area contributed by atoms with Gasteiger partial charge in [-0.15, -0.1) is 0 Å². The number of aliphatic imine (C=N–C) groups is 1. The summed E-state index contributed by atoms with van der Waals surface area (Å²) in [4.78, 5) is 15.7. The van der Waals surface area contributed by atoms with E-state index in [0.717, 1.165) is 17.7 Å². The Morgan fingerprint density at radius 1 is 1.23 bits per heavy atom. The van der Waals surface area contributed by atoms with Gasteiger partial charge in [-0.25, -0.2) is 13.8 Å². The Labute approximate surface area is 149 Å². The van der Waals surface area contributed by atoms with Gasteiger partial charge < -0.3 is 15.5 Å². The van der Waals surface area contributed by atoms with E-state index in [0.29, 0.717) is 23.2 Å². The van der Waals surface area contributed by atoms with Crippen molar-refractivity contribution in [2.45, 2.75) is 13.5 Å². The van der Waals surface area contributed by atoms with Crippen molar-refractivity contribution in [1.82, 2.24) is 5.32 Å². The normalized spacial score (nSPS) is 11.0. The van der Waals surface area contributed by atoms with Crippen LogP contribution in [0.1, 0.15) is 11.1 Å². The number of hydrogen-bond donors (Lipinski definition) is 3. The van der Waals surface area contributed by atoms with E-state index in [1.807, 2.05) is 6.92 Å². The molecule has 0 unspecified atom stereocenters. The molecule has 0 spiro atoms. The Morgan fingerprint density at radius 2 is 2.00 bits per heavy atom. The van der Waals surface area contributed by atoms with E-state index in [-0.39, 0.29) is 12.5 Å². The first-order chi connectivity index (χ1) is 12.4. The van der Waals surface area contributed by atoms with Gasteiger partial charge in [-0.3, -0.25) is 10.1 Å². The average molecular weight is 360 g/mol. The van der Waals surface area contributed by atoms with E-state index in [4.69, 9.17) is 10.1 Å². The molecule has 26 heavy (non-hydrogen) atoms. The summed E-state index contributed by atoms with van der Waals surface area (Å²) in [6, 6.07) is 8.73. The van der Waals surface area contributed by atoms with Gasteiger partial charge in [-0.1, -0.05) is 6.07 Å². The Hall–Kier alpha value is -3.29. The molecule has 2 aromatic rings. The van der Waals surface area contributed by atoms with E-state index in [2.05, 4.69) is 15.6 Å². The number of carbonyl (C=O) groups is 1. The van der Waals surface area contributed by atoms with Crippen molar-refractivity contribution in [2.75, 3.05) is 12.4 Å². The smallest absolute Gasteiger partial charge is 0.268 e. The fourth-order valence-electron chi connectivity index (χ4n) is 2.10. The molecule has 0 aliphatic carbocycles. The maximum Gasteiger partial charge on any atom is 0.268 e. The van der Waals surface area contributed by atoms with Gasteiger partial charge in [0.05, 0.1) is 19.9 Å². The molecule has 3 N–H and O–H groups in total. The molecular weight excluding hydrogens is 342 g/mol. The molecular formula is C18H18F2N4O2. The van der Waals surface area contributed by atoms with Crippen LogP contribution in [-0.2, 0) is 11.3 Å². The number of nitrogens with one attached hydrogen (secondary N) is 3. The highest BCUT2D eigenvalue weighted by Gasteiger charge is 2.08. The fourth-order valence-corrected chi connectivity index (χ4v) is 2.10. The van der Waals surface area contributed by atoms with Gasteiger partial charge in [0.2, 0.25) is 5.96 Å². The predicted molar refractivity (Wildman–Crippen MR) is 95.8 cm³/mol. The van der Waals surface area contributed by atoms with Crippen molar-refractivity contribution < 1.29 is 18.3 Å². The number of anilines is 1. The second-order valence-electron chi connectivity index (χ2n) is 5.35. The number of ether oxygens (including phenoxy) is 1. The molecule has 6 nitrogen and oxygen atoms in total. The lowest BCUT2D eigenvalue weighted by Crippen LogP contribution is -2.36. The van der Waals surface area contributed by atoms with Crippen LogP contribution in [0.2, 0.25) is 0 Å². The number of amides is 1. The van der Waals surface area contributed by atoms with Gasteiger partial charge >= 0.3 is 0 Å². The summed E-state index contributed by atoms with van der Waals surface area (Å²) >= 11 is 0. The summed E-state index contributed by atoms with van der Waals surface area (Å²) in [5.41, 5.74) is 1.94. The Morgan fingerprint density at radius 3 is 2.62 bits per heavy atom. The van der Waals surface area contributed by atoms with Gasteiger partial charge in [0, 0.05) is 5.69 Å². The van der Waals surface area contributed by atoms with E-state index in [9.17, 15) is 13.6 Å². The lowest BCUT2D eigenvalue weighted by atomic mass is 10.2. The minimum Gasteiger partial charge on any atom is -0.497 e. The highest BCUT2D eigenvalue weighted by Crippen LogP contribution is 2.21. The van der Waals surface area contributed by atoms with Crippen LogP contribution in [0.25, 0.3) is 0 Å². The Balaban J connectivity index is 2.23. The number of benzene rings is 2. The van der Waals surface area contributed by atoms with E-state index < -0.39 is 17.5 Å². The molecule has 0 fully saturated rings. The van der Waals surface area contributed by atoms with Crippen LogP contribution < -0.4 is 15.4 Å². The molecule has 0 radical (unpaired) electrons. The third-order valence-electron chi connectivity index (χ3n) is 3.46. The highest BCUT2D eigenvalue weighted by atomic mass is 19.2. The Kier molecular flexibility index (Phi) is 6.37. The van der Waals surface area contributed by atoms with Crippen molar-refractivity contribution >= 4 is 23.8 Å². The zero-order valence-corrected chi connectivity index (χ0v) is 14.3. The zero-order chi connectivity index (χ0) is 19.1.